The number of aromatic amines is 1. The van der Waals surface area contributed by atoms with Crippen molar-refractivity contribution in [3.05, 3.63) is 36.0 Å². The third-order valence-corrected chi connectivity index (χ3v) is 6.10. The van der Waals surface area contributed by atoms with E-state index in [0.717, 1.165) is 16.5 Å². The molecule has 1 aromatic heterocycles. The number of aromatic nitrogens is 1. The van der Waals surface area contributed by atoms with Crippen LogP contribution in [0.1, 0.15) is 52.0 Å². The lowest BCUT2D eigenvalue weighted by molar-refractivity contribution is -0.141. The van der Waals surface area contributed by atoms with Gasteiger partial charge in [-0.25, -0.2) is 0 Å². The summed E-state index contributed by atoms with van der Waals surface area (Å²) >= 11 is 0. The fourth-order valence-electron chi connectivity index (χ4n) is 4.03. The quantitative estimate of drug-likeness (QED) is 0.170. The Balaban J connectivity index is 2.27. The number of nitrogens with one attached hydrogen (secondary N) is 4. The Labute approximate surface area is 217 Å². The molecule has 0 aliphatic carbocycles. The van der Waals surface area contributed by atoms with Crippen LogP contribution in [0.4, 0.5) is 0 Å². The molecule has 1 heterocycles. The monoisotopic (exact) mass is 516 g/mol. The summed E-state index contributed by atoms with van der Waals surface area (Å²) < 4.78 is 0. The van der Waals surface area contributed by atoms with Gasteiger partial charge in [0.2, 0.25) is 17.7 Å². The van der Waals surface area contributed by atoms with Gasteiger partial charge >= 0.3 is 5.97 Å². The summed E-state index contributed by atoms with van der Waals surface area (Å²) in [6.45, 7) is 5.66. The number of carbonyl (C=O) groups excluding carboxylic acids is 3. The van der Waals surface area contributed by atoms with Gasteiger partial charge < -0.3 is 37.5 Å². The number of amides is 3. The van der Waals surface area contributed by atoms with Gasteiger partial charge in [0.1, 0.15) is 18.1 Å². The highest BCUT2D eigenvalue weighted by Gasteiger charge is 2.30. The van der Waals surface area contributed by atoms with E-state index in [-0.39, 0.29) is 18.8 Å². The minimum atomic E-state index is -1.19. The first-order valence-corrected chi connectivity index (χ1v) is 12.7. The Bertz CT molecular complexity index is 1070. The molecule has 0 spiro atoms. The predicted octanol–water partition coefficient (Wildman–Crippen LogP) is 0.772. The van der Waals surface area contributed by atoms with Gasteiger partial charge in [0.25, 0.3) is 0 Å². The molecule has 4 unspecified atom stereocenters. The average Bonchev–Trinajstić information content (AvgIpc) is 3.25. The standard InChI is InChI=1S/C26H40N6O5/c1-15(2)12-19(28)23(33)32-22(13-17-14-29-20-9-5-4-8-18(17)20)25(35)31-21(10-6-7-11-27)24(34)30-16(3)26(36)37/h4-5,8-9,14-16,19,21-22,29H,6-7,10-13,27-28H2,1-3H3,(H,30,34)(H,31,35)(H,32,33)(H,36,37). The van der Waals surface area contributed by atoms with E-state index in [1.165, 1.54) is 6.92 Å². The number of rotatable bonds is 15. The van der Waals surface area contributed by atoms with Crippen molar-refractivity contribution in [2.75, 3.05) is 6.54 Å². The Kier molecular flexibility index (Phi) is 11.5. The molecule has 4 atom stereocenters. The van der Waals surface area contributed by atoms with E-state index < -0.39 is 47.9 Å². The summed E-state index contributed by atoms with van der Waals surface area (Å²) in [5, 5.41) is 17.9. The normalized spacial score (nSPS) is 14.5. The van der Waals surface area contributed by atoms with Crippen LogP contribution in [-0.4, -0.2) is 64.5 Å². The van der Waals surface area contributed by atoms with E-state index in [0.29, 0.717) is 25.8 Å². The second kappa shape index (κ2) is 14.3. The molecule has 0 bridgehead atoms. The van der Waals surface area contributed by atoms with Gasteiger partial charge in [-0.1, -0.05) is 32.0 Å². The third-order valence-electron chi connectivity index (χ3n) is 6.10. The number of hydrogen-bond donors (Lipinski definition) is 7. The van der Waals surface area contributed by atoms with Crippen molar-refractivity contribution in [1.82, 2.24) is 20.9 Å². The first-order valence-electron chi connectivity index (χ1n) is 12.7. The van der Waals surface area contributed by atoms with Gasteiger partial charge in [0.15, 0.2) is 0 Å². The largest absolute Gasteiger partial charge is 0.480 e. The molecule has 0 fully saturated rings. The molecule has 37 heavy (non-hydrogen) atoms. The number of aliphatic carboxylic acids is 1. The van der Waals surface area contributed by atoms with Crippen LogP contribution in [0.15, 0.2) is 30.5 Å². The Morgan fingerprint density at radius 1 is 0.946 bits per heavy atom. The number of carboxylic acids is 1. The number of nitrogens with two attached hydrogens (primary N) is 2. The zero-order valence-corrected chi connectivity index (χ0v) is 21.8. The first-order chi connectivity index (χ1) is 17.5. The van der Waals surface area contributed by atoms with Crippen molar-refractivity contribution < 1.29 is 24.3 Å². The highest BCUT2D eigenvalue weighted by atomic mass is 16.4. The zero-order valence-electron chi connectivity index (χ0n) is 21.8. The van der Waals surface area contributed by atoms with E-state index in [2.05, 4.69) is 20.9 Å². The fourth-order valence-corrected chi connectivity index (χ4v) is 4.03. The van der Waals surface area contributed by atoms with Gasteiger partial charge in [0, 0.05) is 23.5 Å². The van der Waals surface area contributed by atoms with Gasteiger partial charge in [-0.15, -0.1) is 0 Å². The average molecular weight is 517 g/mol. The lowest BCUT2D eigenvalue weighted by Gasteiger charge is -2.25. The molecule has 0 saturated heterocycles. The van der Waals surface area contributed by atoms with Crippen LogP contribution in [0.3, 0.4) is 0 Å². The maximum atomic E-state index is 13.5. The topological polar surface area (TPSA) is 192 Å². The molecule has 2 aromatic rings. The smallest absolute Gasteiger partial charge is 0.325 e. The second-order valence-corrected chi connectivity index (χ2v) is 9.77. The van der Waals surface area contributed by atoms with Crippen molar-refractivity contribution in [1.29, 1.82) is 0 Å². The van der Waals surface area contributed by atoms with Crippen LogP contribution >= 0.6 is 0 Å². The molecular formula is C26H40N6O5. The molecule has 1 aromatic carbocycles. The summed E-state index contributed by atoms with van der Waals surface area (Å²) in [6.07, 6.45) is 3.85. The fraction of sp³-hybridized carbons (Fsp3) is 0.538. The van der Waals surface area contributed by atoms with E-state index >= 15 is 0 Å². The number of benzene rings is 1. The molecule has 9 N–H and O–H groups in total. The van der Waals surface area contributed by atoms with Crippen molar-refractivity contribution in [3.63, 3.8) is 0 Å². The van der Waals surface area contributed by atoms with Crippen LogP contribution < -0.4 is 27.4 Å². The minimum Gasteiger partial charge on any atom is -0.480 e. The Morgan fingerprint density at radius 2 is 1.59 bits per heavy atom. The molecule has 11 nitrogen and oxygen atoms in total. The highest BCUT2D eigenvalue weighted by Crippen LogP contribution is 2.19. The Hall–Kier alpha value is -3.44. The van der Waals surface area contributed by atoms with E-state index in [9.17, 15) is 19.2 Å². The number of H-pyrrole nitrogens is 1. The van der Waals surface area contributed by atoms with Crippen molar-refractivity contribution in [2.24, 2.45) is 17.4 Å². The van der Waals surface area contributed by atoms with Gasteiger partial charge in [-0.2, -0.15) is 0 Å². The SMILES string of the molecule is CC(C)CC(N)C(=O)NC(Cc1c[nH]c2ccccc12)C(=O)NC(CCCCN)C(=O)NC(C)C(=O)O. The summed E-state index contributed by atoms with van der Waals surface area (Å²) in [5.41, 5.74) is 13.3. The summed E-state index contributed by atoms with van der Waals surface area (Å²) in [7, 11) is 0. The summed E-state index contributed by atoms with van der Waals surface area (Å²) in [5.74, 6) is -2.64. The number of para-hydroxylation sites is 1. The lowest BCUT2D eigenvalue weighted by Crippen LogP contribution is -2.57. The van der Waals surface area contributed by atoms with Crippen molar-refractivity contribution in [2.45, 2.75) is 77.0 Å². The summed E-state index contributed by atoms with van der Waals surface area (Å²) in [6, 6.07) is 3.68. The van der Waals surface area contributed by atoms with Crippen LogP contribution in [0, 0.1) is 5.92 Å². The van der Waals surface area contributed by atoms with Crippen molar-refractivity contribution in [3.8, 4) is 0 Å². The summed E-state index contributed by atoms with van der Waals surface area (Å²) in [4.78, 5) is 53.5. The second-order valence-electron chi connectivity index (χ2n) is 9.77. The molecular weight excluding hydrogens is 476 g/mol. The van der Waals surface area contributed by atoms with Gasteiger partial charge in [-0.3, -0.25) is 19.2 Å². The molecule has 0 saturated carbocycles. The lowest BCUT2D eigenvalue weighted by atomic mass is 10.0. The minimum absolute atomic E-state index is 0.165. The first kappa shape index (κ1) is 29.8. The number of unbranched alkanes of at least 4 members (excludes halogenated alkanes) is 1. The van der Waals surface area contributed by atoms with E-state index in [1.54, 1.807) is 6.20 Å². The van der Waals surface area contributed by atoms with Crippen LogP contribution in [0.25, 0.3) is 10.9 Å². The van der Waals surface area contributed by atoms with Crippen LogP contribution in [0.2, 0.25) is 0 Å². The molecule has 204 valence electrons. The predicted molar refractivity (Wildman–Crippen MR) is 141 cm³/mol. The van der Waals surface area contributed by atoms with Gasteiger partial charge in [0.05, 0.1) is 6.04 Å². The molecule has 11 heteroatoms. The maximum absolute atomic E-state index is 13.5. The van der Waals surface area contributed by atoms with Gasteiger partial charge in [-0.05, 0) is 56.7 Å². The number of carbonyl (C=O) groups is 4. The zero-order chi connectivity index (χ0) is 27.5. The molecule has 2 rings (SSSR count). The number of hydrogen-bond acceptors (Lipinski definition) is 6. The third kappa shape index (κ3) is 9.18. The van der Waals surface area contributed by atoms with Crippen LogP contribution in [0.5, 0.6) is 0 Å². The maximum Gasteiger partial charge on any atom is 0.325 e. The Morgan fingerprint density at radius 3 is 2.24 bits per heavy atom. The van der Waals surface area contributed by atoms with Crippen molar-refractivity contribution >= 4 is 34.6 Å². The van der Waals surface area contributed by atoms with E-state index in [4.69, 9.17) is 16.6 Å². The highest BCUT2D eigenvalue weighted by molar-refractivity contribution is 5.94. The molecule has 0 aliphatic heterocycles. The number of carboxylic acid groups (broad SMARTS) is 1. The van der Waals surface area contributed by atoms with Crippen LogP contribution in [-0.2, 0) is 25.6 Å². The molecule has 0 radical (unpaired) electrons. The molecule has 3 amide bonds. The van der Waals surface area contributed by atoms with E-state index in [1.807, 2.05) is 38.1 Å². The number of fused-ring (bicyclic) bond motifs is 1. The molecule has 0 aliphatic rings.